The molecule has 0 aliphatic heterocycles. The Balaban J connectivity index is 2.35. The Kier molecular flexibility index (Phi) is 5.66. The summed E-state index contributed by atoms with van der Waals surface area (Å²) in [5.74, 6) is -2.01. The standard InChI is InChI=1S/C14H12Br2F2N2O/c1-2-19-6-8-3-10(16)7-20-14(8)21-12-5-9(15)4-11(17)13(12)18/h3-5,7,19H,2,6H2,1H3. The molecule has 2 rings (SSSR count). The number of aromatic nitrogens is 1. The number of nitrogens with zero attached hydrogens (tertiary/aromatic N) is 1. The second-order valence-electron chi connectivity index (χ2n) is 4.20. The van der Waals surface area contributed by atoms with Crippen LogP contribution < -0.4 is 10.1 Å². The van der Waals surface area contributed by atoms with E-state index in [9.17, 15) is 8.78 Å². The number of hydrogen-bond donors (Lipinski definition) is 1. The molecule has 3 nitrogen and oxygen atoms in total. The van der Waals surface area contributed by atoms with Gasteiger partial charge in [-0.25, -0.2) is 9.37 Å². The fraction of sp³-hybridized carbons (Fsp3) is 0.214. The summed E-state index contributed by atoms with van der Waals surface area (Å²) in [6, 6.07) is 4.22. The molecule has 1 aromatic heterocycles. The molecular formula is C14H12Br2F2N2O. The topological polar surface area (TPSA) is 34.2 Å². The van der Waals surface area contributed by atoms with Crippen LogP contribution in [0.1, 0.15) is 12.5 Å². The summed E-state index contributed by atoms with van der Waals surface area (Å²) in [6.45, 7) is 3.25. The SMILES string of the molecule is CCNCc1cc(Br)cnc1Oc1cc(Br)cc(F)c1F. The highest BCUT2D eigenvalue weighted by molar-refractivity contribution is 9.10. The summed E-state index contributed by atoms with van der Waals surface area (Å²) in [7, 11) is 0. The van der Waals surface area contributed by atoms with E-state index < -0.39 is 11.6 Å². The van der Waals surface area contributed by atoms with Gasteiger partial charge in [0.15, 0.2) is 11.6 Å². The van der Waals surface area contributed by atoms with Crippen molar-refractivity contribution in [1.82, 2.24) is 10.3 Å². The first-order valence-electron chi connectivity index (χ1n) is 6.18. The van der Waals surface area contributed by atoms with Gasteiger partial charge < -0.3 is 10.1 Å². The second kappa shape index (κ2) is 7.29. The highest BCUT2D eigenvalue weighted by atomic mass is 79.9. The Morgan fingerprint density at radius 3 is 2.67 bits per heavy atom. The van der Waals surface area contributed by atoms with E-state index >= 15 is 0 Å². The van der Waals surface area contributed by atoms with E-state index in [0.29, 0.717) is 11.0 Å². The fourth-order valence-corrected chi connectivity index (χ4v) is 2.45. The van der Waals surface area contributed by atoms with Crippen molar-refractivity contribution in [1.29, 1.82) is 0 Å². The van der Waals surface area contributed by atoms with Crippen molar-refractivity contribution >= 4 is 31.9 Å². The Labute approximate surface area is 138 Å². The van der Waals surface area contributed by atoms with Crippen molar-refractivity contribution in [2.24, 2.45) is 0 Å². The summed E-state index contributed by atoms with van der Waals surface area (Å²) in [4.78, 5) is 4.11. The molecule has 0 fully saturated rings. The molecule has 0 aliphatic carbocycles. The number of benzene rings is 1. The first kappa shape index (κ1) is 16.3. The minimum Gasteiger partial charge on any atom is -0.435 e. The third-order valence-electron chi connectivity index (χ3n) is 2.62. The van der Waals surface area contributed by atoms with E-state index in [1.165, 1.54) is 12.3 Å². The first-order valence-corrected chi connectivity index (χ1v) is 7.77. The lowest BCUT2D eigenvalue weighted by atomic mass is 10.2. The van der Waals surface area contributed by atoms with Gasteiger partial charge in [-0.15, -0.1) is 0 Å². The Hall–Kier alpha value is -1.05. The molecule has 0 saturated heterocycles. The lowest BCUT2D eigenvalue weighted by Crippen LogP contribution is -2.13. The minimum atomic E-state index is -1.04. The molecule has 0 spiro atoms. The van der Waals surface area contributed by atoms with Crippen molar-refractivity contribution in [2.45, 2.75) is 13.5 Å². The van der Waals surface area contributed by atoms with Gasteiger partial charge in [0, 0.05) is 27.3 Å². The Morgan fingerprint density at radius 1 is 1.19 bits per heavy atom. The molecule has 7 heteroatoms. The zero-order valence-electron chi connectivity index (χ0n) is 11.1. The van der Waals surface area contributed by atoms with Crippen molar-refractivity contribution in [2.75, 3.05) is 6.54 Å². The van der Waals surface area contributed by atoms with Gasteiger partial charge in [-0.3, -0.25) is 0 Å². The molecule has 1 heterocycles. The monoisotopic (exact) mass is 420 g/mol. The number of hydrogen-bond acceptors (Lipinski definition) is 3. The second-order valence-corrected chi connectivity index (χ2v) is 6.03. The number of nitrogens with one attached hydrogen (secondary N) is 1. The predicted octanol–water partition coefficient (Wildman–Crippen LogP) is 4.79. The smallest absolute Gasteiger partial charge is 0.223 e. The fourth-order valence-electron chi connectivity index (χ4n) is 1.66. The minimum absolute atomic E-state index is 0.213. The molecule has 0 saturated carbocycles. The molecule has 0 aliphatic rings. The van der Waals surface area contributed by atoms with E-state index in [1.54, 1.807) is 0 Å². The average Bonchev–Trinajstić information content (AvgIpc) is 2.44. The molecule has 2 aromatic rings. The van der Waals surface area contributed by atoms with Crippen LogP contribution in [-0.4, -0.2) is 11.5 Å². The third kappa shape index (κ3) is 4.21. The molecule has 1 N–H and O–H groups in total. The van der Waals surface area contributed by atoms with Gasteiger partial charge in [0.25, 0.3) is 0 Å². The van der Waals surface area contributed by atoms with E-state index in [2.05, 4.69) is 42.2 Å². The maximum Gasteiger partial charge on any atom is 0.223 e. The van der Waals surface area contributed by atoms with Gasteiger partial charge in [0.2, 0.25) is 11.7 Å². The third-order valence-corrected chi connectivity index (χ3v) is 3.52. The van der Waals surface area contributed by atoms with Crippen molar-refractivity contribution < 1.29 is 13.5 Å². The molecule has 0 unspecified atom stereocenters. The van der Waals surface area contributed by atoms with Gasteiger partial charge in [0.1, 0.15) is 0 Å². The van der Waals surface area contributed by atoms with Crippen LogP contribution in [0.5, 0.6) is 11.6 Å². The van der Waals surface area contributed by atoms with Crippen molar-refractivity contribution in [3.05, 3.63) is 50.5 Å². The largest absolute Gasteiger partial charge is 0.435 e. The van der Waals surface area contributed by atoms with E-state index in [4.69, 9.17) is 4.74 Å². The average molecular weight is 422 g/mol. The van der Waals surface area contributed by atoms with E-state index in [1.807, 2.05) is 13.0 Å². The summed E-state index contributed by atoms with van der Waals surface area (Å²) >= 11 is 6.43. The Bertz CT molecular complexity index is 653. The molecular weight excluding hydrogens is 410 g/mol. The summed E-state index contributed by atoms with van der Waals surface area (Å²) in [5.41, 5.74) is 0.742. The summed E-state index contributed by atoms with van der Waals surface area (Å²) in [6.07, 6.45) is 1.54. The maximum absolute atomic E-state index is 13.8. The quantitative estimate of drug-likeness (QED) is 0.705. The number of halogens is 4. The van der Waals surface area contributed by atoms with Crippen LogP contribution in [0.2, 0.25) is 0 Å². The van der Waals surface area contributed by atoms with Crippen LogP contribution in [-0.2, 0) is 6.54 Å². The zero-order chi connectivity index (χ0) is 15.4. The van der Waals surface area contributed by atoms with Crippen LogP contribution in [0.4, 0.5) is 8.78 Å². The van der Waals surface area contributed by atoms with Crippen LogP contribution in [0.3, 0.4) is 0 Å². The molecule has 0 radical (unpaired) electrons. The van der Waals surface area contributed by atoms with Crippen LogP contribution >= 0.6 is 31.9 Å². The lowest BCUT2D eigenvalue weighted by Gasteiger charge is -2.12. The van der Waals surface area contributed by atoms with Crippen LogP contribution in [0.15, 0.2) is 33.3 Å². The summed E-state index contributed by atoms with van der Waals surface area (Å²) < 4.78 is 33.8. The molecule has 1 aromatic carbocycles. The van der Waals surface area contributed by atoms with Gasteiger partial charge in [0.05, 0.1) is 0 Å². The van der Waals surface area contributed by atoms with Crippen LogP contribution in [0, 0.1) is 11.6 Å². The maximum atomic E-state index is 13.8. The normalized spacial score (nSPS) is 10.7. The van der Waals surface area contributed by atoms with Gasteiger partial charge >= 0.3 is 0 Å². The van der Waals surface area contributed by atoms with Crippen molar-refractivity contribution in [3.63, 3.8) is 0 Å². The highest BCUT2D eigenvalue weighted by Crippen LogP contribution is 2.31. The number of ether oxygens (including phenoxy) is 1. The molecule has 21 heavy (non-hydrogen) atoms. The van der Waals surface area contributed by atoms with E-state index in [-0.39, 0.29) is 11.6 Å². The first-order chi connectivity index (χ1) is 10.0. The van der Waals surface area contributed by atoms with Gasteiger partial charge in [-0.1, -0.05) is 22.9 Å². The zero-order valence-corrected chi connectivity index (χ0v) is 14.3. The number of pyridine rings is 1. The number of rotatable bonds is 5. The molecule has 0 bridgehead atoms. The van der Waals surface area contributed by atoms with Gasteiger partial charge in [-0.05, 0) is 40.7 Å². The lowest BCUT2D eigenvalue weighted by molar-refractivity contribution is 0.400. The highest BCUT2D eigenvalue weighted by Gasteiger charge is 2.15. The van der Waals surface area contributed by atoms with Gasteiger partial charge in [-0.2, -0.15) is 4.39 Å². The molecule has 0 atom stereocenters. The molecule has 0 amide bonds. The molecule has 112 valence electrons. The Morgan fingerprint density at radius 2 is 1.95 bits per heavy atom. The van der Waals surface area contributed by atoms with Crippen molar-refractivity contribution in [3.8, 4) is 11.6 Å². The predicted molar refractivity (Wildman–Crippen MR) is 83.4 cm³/mol. The van der Waals surface area contributed by atoms with E-state index in [0.717, 1.165) is 22.6 Å². The summed E-state index contributed by atoms with van der Waals surface area (Å²) in [5, 5.41) is 3.14. The van der Waals surface area contributed by atoms with Crippen LogP contribution in [0.25, 0.3) is 0 Å².